The van der Waals surface area contributed by atoms with E-state index in [1.54, 1.807) is 11.0 Å². The monoisotopic (exact) mass is 334 g/mol. The van der Waals surface area contributed by atoms with Gasteiger partial charge in [-0.15, -0.1) is 0 Å². The quantitative estimate of drug-likeness (QED) is 0.807. The summed E-state index contributed by atoms with van der Waals surface area (Å²) in [6, 6.07) is 17.9. The smallest absolute Gasteiger partial charge is 0.291 e. The number of likely N-dealkylation sites (tertiary alicyclic amines) is 1. The first kappa shape index (κ1) is 16.0. The maximum Gasteiger partial charge on any atom is 0.300 e. The molecule has 4 heteroatoms. The summed E-state index contributed by atoms with van der Waals surface area (Å²) in [7, 11) is 0. The van der Waals surface area contributed by atoms with Crippen LogP contribution in [0.3, 0.4) is 0 Å². The van der Waals surface area contributed by atoms with Crippen molar-refractivity contribution in [3.8, 4) is 0 Å². The zero-order valence-corrected chi connectivity index (χ0v) is 14.2. The molecule has 4 rings (SSSR count). The van der Waals surface area contributed by atoms with Gasteiger partial charge in [0, 0.05) is 13.1 Å². The molecule has 4 nitrogen and oxygen atoms in total. The predicted molar refractivity (Wildman–Crippen MR) is 97.6 cm³/mol. The Morgan fingerprint density at radius 3 is 2.32 bits per heavy atom. The van der Waals surface area contributed by atoms with E-state index in [1.807, 2.05) is 18.2 Å². The van der Waals surface area contributed by atoms with Crippen LogP contribution in [-0.2, 0) is 11.2 Å². The van der Waals surface area contributed by atoms with Gasteiger partial charge in [-0.2, -0.15) is 0 Å². The summed E-state index contributed by atoms with van der Waals surface area (Å²) in [5.74, 6) is -0.0796. The lowest BCUT2D eigenvalue weighted by atomic mass is 9.90. The Morgan fingerprint density at radius 1 is 0.880 bits per heavy atom. The molecule has 0 spiro atoms. The number of Topliss-reactive ketones (excluding diaryl/α,β-unsaturated/α-hetero) is 1. The number of benzene rings is 2. The molecule has 0 unspecified atom stereocenters. The predicted octanol–water partition coefficient (Wildman–Crippen LogP) is 3.13. The van der Waals surface area contributed by atoms with Crippen molar-refractivity contribution in [3.63, 3.8) is 0 Å². The number of carbonyl (C=O) groups excluding carboxylic acids is 2. The summed E-state index contributed by atoms with van der Waals surface area (Å²) in [6.45, 7) is 2.45. The fourth-order valence-electron chi connectivity index (χ4n) is 3.87. The fourth-order valence-corrected chi connectivity index (χ4v) is 3.87. The largest absolute Gasteiger partial charge is 0.300 e. The van der Waals surface area contributed by atoms with Crippen LogP contribution in [0.4, 0.5) is 5.69 Å². The molecule has 2 aliphatic heterocycles. The maximum atomic E-state index is 12.3. The molecule has 1 amide bonds. The number of piperidine rings is 1. The number of hydrogen-bond acceptors (Lipinski definition) is 3. The minimum atomic E-state index is -0.396. The number of para-hydroxylation sites is 1. The van der Waals surface area contributed by atoms with Crippen LogP contribution in [0.1, 0.15) is 28.8 Å². The number of nitrogens with zero attached hydrogens (tertiary/aromatic N) is 2. The van der Waals surface area contributed by atoms with Crippen molar-refractivity contribution in [1.82, 2.24) is 4.90 Å². The summed E-state index contributed by atoms with van der Waals surface area (Å²) in [4.78, 5) is 28.3. The van der Waals surface area contributed by atoms with E-state index < -0.39 is 5.91 Å². The molecule has 1 fully saturated rings. The molecule has 2 aromatic rings. The number of fused-ring (bicyclic) bond motifs is 1. The minimum Gasteiger partial charge on any atom is -0.291 e. The van der Waals surface area contributed by atoms with Crippen LogP contribution < -0.4 is 4.90 Å². The zero-order chi connectivity index (χ0) is 17.2. The van der Waals surface area contributed by atoms with Gasteiger partial charge in [-0.25, -0.2) is 0 Å². The normalized spacial score (nSPS) is 18.6. The molecule has 0 N–H and O–H groups in total. The second-order valence-corrected chi connectivity index (χ2v) is 6.97. The summed E-state index contributed by atoms with van der Waals surface area (Å²) < 4.78 is 0. The Kier molecular flexibility index (Phi) is 4.36. The first-order valence-electron chi connectivity index (χ1n) is 8.94. The molecule has 128 valence electrons. The zero-order valence-electron chi connectivity index (χ0n) is 14.2. The third kappa shape index (κ3) is 3.22. The van der Waals surface area contributed by atoms with Crippen LogP contribution in [-0.4, -0.2) is 36.3 Å². The minimum absolute atomic E-state index is 0.380. The van der Waals surface area contributed by atoms with E-state index in [1.165, 1.54) is 5.56 Å². The molecule has 0 aromatic heterocycles. The van der Waals surface area contributed by atoms with Crippen molar-refractivity contribution in [3.05, 3.63) is 65.7 Å². The molecule has 0 saturated carbocycles. The van der Waals surface area contributed by atoms with E-state index in [4.69, 9.17) is 0 Å². The van der Waals surface area contributed by atoms with Gasteiger partial charge >= 0.3 is 5.91 Å². The molecule has 2 aromatic carbocycles. The van der Waals surface area contributed by atoms with Gasteiger partial charge < -0.3 is 0 Å². The van der Waals surface area contributed by atoms with Gasteiger partial charge in [0.15, 0.2) is 0 Å². The van der Waals surface area contributed by atoms with Crippen molar-refractivity contribution in [2.45, 2.75) is 19.3 Å². The lowest BCUT2D eigenvalue weighted by Gasteiger charge is -2.34. The summed E-state index contributed by atoms with van der Waals surface area (Å²) >= 11 is 0. The molecule has 2 aliphatic rings. The summed E-state index contributed by atoms with van der Waals surface area (Å²) in [5, 5.41) is 0. The van der Waals surface area contributed by atoms with Crippen molar-refractivity contribution < 1.29 is 9.59 Å². The molecule has 0 radical (unpaired) electrons. The average molecular weight is 334 g/mol. The van der Waals surface area contributed by atoms with Gasteiger partial charge in [0.25, 0.3) is 5.78 Å². The Morgan fingerprint density at radius 2 is 1.56 bits per heavy atom. The molecule has 0 bridgehead atoms. The third-order valence-corrected chi connectivity index (χ3v) is 5.29. The first-order chi connectivity index (χ1) is 12.2. The molecule has 0 atom stereocenters. The second-order valence-electron chi connectivity index (χ2n) is 6.97. The van der Waals surface area contributed by atoms with Gasteiger partial charge in [-0.05, 0) is 42.9 Å². The fraction of sp³-hybridized carbons (Fsp3) is 0.333. The molecular weight excluding hydrogens is 312 g/mol. The highest BCUT2D eigenvalue weighted by Gasteiger charge is 2.36. The van der Waals surface area contributed by atoms with Crippen LogP contribution >= 0.6 is 0 Å². The Labute approximate surface area is 148 Å². The van der Waals surface area contributed by atoms with Gasteiger partial charge in [-0.1, -0.05) is 42.5 Å². The van der Waals surface area contributed by atoms with Crippen LogP contribution in [0.2, 0.25) is 0 Å². The third-order valence-electron chi connectivity index (χ3n) is 5.29. The maximum absolute atomic E-state index is 12.3. The molecule has 1 saturated heterocycles. The molecule has 25 heavy (non-hydrogen) atoms. The lowest BCUT2D eigenvalue weighted by Crippen LogP contribution is -2.44. The lowest BCUT2D eigenvalue weighted by molar-refractivity contribution is -0.114. The van der Waals surface area contributed by atoms with Crippen LogP contribution in [0.15, 0.2) is 54.6 Å². The van der Waals surface area contributed by atoms with Crippen molar-refractivity contribution in [2.24, 2.45) is 5.92 Å². The summed E-state index contributed by atoms with van der Waals surface area (Å²) in [5.41, 5.74) is 2.69. The van der Waals surface area contributed by atoms with Crippen LogP contribution in [0, 0.1) is 5.92 Å². The highest BCUT2D eigenvalue weighted by atomic mass is 16.2. The van der Waals surface area contributed by atoms with Gasteiger partial charge in [0.2, 0.25) is 0 Å². The van der Waals surface area contributed by atoms with E-state index in [9.17, 15) is 9.59 Å². The number of carbonyl (C=O) groups is 2. The number of amides is 1. The standard InChI is InChI=1S/C21H22N2O2/c24-20-18-8-4-5-9-19(18)23(21(20)25)15-22-12-10-17(11-13-22)14-16-6-2-1-3-7-16/h1-9,17H,10-15H2. The van der Waals surface area contributed by atoms with Gasteiger partial charge in [-0.3, -0.25) is 19.4 Å². The number of anilines is 1. The van der Waals surface area contributed by atoms with Crippen molar-refractivity contribution in [2.75, 3.05) is 24.7 Å². The van der Waals surface area contributed by atoms with E-state index in [-0.39, 0.29) is 5.78 Å². The molecule has 2 heterocycles. The van der Waals surface area contributed by atoms with E-state index >= 15 is 0 Å². The second kappa shape index (κ2) is 6.81. The van der Waals surface area contributed by atoms with E-state index in [0.717, 1.165) is 38.0 Å². The van der Waals surface area contributed by atoms with Crippen molar-refractivity contribution >= 4 is 17.4 Å². The van der Waals surface area contributed by atoms with E-state index in [2.05, 4.69) is 35.2 Å². The van der Waals surface area contributed by atoms with Crippen molar-refractivity contribution in [1.29, 1.82) is 0 Å². The van der Waals surface area contributed by atoms with Crippen LogP contribution in [0.25, 0.3) is 0 Å². The highest BCUT2D eigenvalue weighted by molar-refractivity contribution is 6.52. The Bertz CT molecular complexity index is 779. The van der Waals surface area contributed by atoms with Crippen LogP contribution in [0.5, 0.6) is 0 Å². The SMILES string of the molecule is O=C1C(=O)N(CN2CCC(Cc3ccccc3)CC2)c2ccccc21. The van der Waals surface area contributed by atoms with Gasteiger partial charge in [0.1, 0.15) is 0 Å². The molecular formula is C21H22N2O2. The summed E-state index contributed by atoms with van der Waals surface area (Å²) in [6.07, 6.45) is 3.39. The first-order valence-corrected chi connectivity index (χ1v) is 8.94. The number of hydrogen-bond donors (Lipinski definition) is 0. The number of ketones is 1. The average Bonchev–Trinajstić information content (AvgIpc) is 2.89. The van der Waals surface area contributed by atoms with Gasteiger partial charge in [0.05, 0.1) is 17.9 Å². The topological polar surface area (TPSA) is 40.6 Å². The highest BCUT2D eigenvalue weighted by Crippen LogP contribution is 2.29. The number of rotatable bonds is 4. The Hall–Kier alpha value is -2.46. The van der Waals surface area contributed by atoms with E-state index in [0.29, 0.717) is 18.2 Å². The molecule has 0 aliphatic carbocycles. The Balaban J connectivity index is 1.36.